The monoisotopic (exact) mass is 951 g/mol. The first kappa shape index (κ1) is 65.1. The minimum Gasteiger partial charge on any atom is -0.462 e. The highest BCUT2D eigenvalue weighted by molar-refractivity contribution is 5.71. The van der Waals surface area contributed by atoms with Crippen molar-refractivity contribution in [1.29, 1.82) is 0 Å². The van der Waals surface area contributed by atoms with E-state index in [1.54, 1.807) is 0 Å². The van der Waals surface area contributed by atoms with Crippen molar-refractivity contribution in [1.82, 2.24) is 0 Å². The van der Waals surface area contributed by atoms with Gasteiger partial charge in [-0.3, -0.25) is 14.4 Å². The number of ether oxygens (including phenoxy) is 3. The highest BCUT2D eigenvalue weighted by atomic mass is 16.6. The van der Waals surface area contributed by atoms with Crippen LogP contribution in [0.15, 0.2) is 60.8 Å². The van der Waals surface area contributed by atoms with Crippen LogP contribution in [0.5, 0.6) is 0 Å². The molecule has 0 bridgehead atoms. The average molecular weight is 952 g/mol. The summed E-state index contributed by atoms with van der Waals surface area (Å²) < 4.78 is 16.9. The SMILES string of the molecule is CC/C=C\C/C=C\C/C=C\CCCCCCCCCCCC(=O)OCC(COC(=O)CCCCCCCCC/C=C\CCCCCC)OC(=O)CCCCCCC/C=C\CCCCCCCCC. The van der Waals surface area contributed by atoms with E-state index in [0.717, 1.165) is 89.9 Å². The Morgan fingerprint density at radius 1 is 0.309 bits per heavy atom. The van der Waals surface area contributed by atoms with Crippen molar-refractivity contribution in [2.75, 3.05) is 13.2 Å². The minimum absolute atomic E-state index is 0.0801. The molecule has 0 N–H and O–H groups in total. The highest BCUT2D eigenvalue weighted by Crippen LogP contribution is 2.15. The van der Waals surface area contributed by atoms with Gasteiger partial charge in [-0.15, -0.1) is 0 Å². The van der Waals surface area contributed by atoms with Gasteiger partial charge >= 0.3 is 17.9 Å². The van der Waals surface area contributed by atoms with Crippen molar-refractivity contribution in [2.24, 2.45) is 0 Å². The van der Waals surface area contributed by atoms with Crippen molar-refractivity contribution in [3.63, 3.8) is 0 Å². The molecule has 1 unspecified atom stereocenters. The first-order valence-electron chi connectivity index (χ1n) is 29.3. The zero-order valence-electron chi connectivity index (χ0n) is 45.1. The summed E-state index contributed by atoms with van der Waals surface area (Å²) in [5.74, 6) is -0.886. The number of rotatable bonds is 53. The van der Waals surface area contributed by atoms with Gasteiger partial charge in [0.1, 0.15) is 13.2 Å². The fraction of sp³-hybridized carbons (Fsp3) is 0.790. The predicted molar refractivity (Wildman–Crippen MR) is 293 cm³/mol. The highest BCUT2D eigenvalue weighted by Gasteiger charge is 2.19. The number of hydrogen-bond donors (Lipinski definition) is 0. The molecule has 0 rings (SSSR count). The summed E-state index contributed by atoms with van der Waals surface area (Å²) >= 11 is 0. The van der Waals surface area contributed by atoms with E-state index in [4.69, 9.17) is 14.2 Å². The summed E-state index contributed by atoms with van der Waals surface area (Å²) in [5, 5.41) is 0. The van der Waals surface area contributed by atoms with E-state index in [1.807, 2.05) is 0 Å². The van der Waals surface area contributed by atoms with Crippen molar-refractivity contribution in [3.05, 3.63) is 60.8 Å². The van der Waals surface area contributed by atoms with E-state index < -0.39 is 6.10 Å². The molecule has 0 aliphatic carbocycles. The molecule has 0 amide bonds. The molecule has 0 saturated carbocycles. The topological polar surface area (TPSA) is 78.9 Å². The summed E-state index contributed by atoms with van der Waals surface area (Å²) in [7, 11) is 0. The maximum atomic E-state index is 12.9. The molecule has 6 nitrogen and oxygen atoms in total. The number of esters is 3. The molecule has 0 fully saturated rings. The van der Waals surface area contributed by atoms with Gasteiger partial charge < -0.3 is 14.2 Å². The van der Waals surface area contributed by atoms with Crippen molar-refractivity contribution >= 4 is 17.9 Å². The largest absolute Gasteiger partial charge is 0.462 e. The molecule has 0 spiro atoms. The Morgan fingerprint density at radius 3 is 0.926 bits per heavy atom. The lowest BCUT2D eigenvalue weighted by Crippen LogP contribution is -2.30. The fourth-order valence-corrected chi connectivity index (χ4v) is 8.33. The van der Waals surface area contributed by atoms with Gasteiger partial charge in [0.2, 0.25) is 0 Å². The average Bonchev–Trinajstić information content (AvgIpc) is 3.34. The van der Waals surface area contributed by atoms with E-state index in [-0.39, 0.29) is 31.1 Å². The molecule has 6 heteroatoms. The Hall–Kier alpha value is -2.89. The molecule has 394 valence electrons. The summed E-state index contributed by atoms with van der Waals surface area (Å²) in [6, 6.07) is 0. The van der Waals surface area contributed by atoms with Gasteiger partial charge in [-0.1, -0.05) is 236 Å². The summed E-state index contributed by atoms with van der Waals surface area (Å²) in [6.07, 6.45) is 70.6. The Balaban J connectivity index is 4.38. The van der Waals surface area contributed by atoms with E-state index in [2.05, 4.69) is 81.5 Å². The number of hydrogen-bond acceptors (Lipinski definition) is 6. The zero-order chi connectivity index (χ0) is 49.3. The molecule has 1 atom stereocenters. The molecular weight excluding hydrogens is 841 g/mol. The number of carbonyl (C=O) groups excluding carboxylic acids is 3. The molecule has 0 aliphatic heterocycles. The Labute approximate surface area is 421 Å². The van der Waals surface area contributed by atoms with E-state index in [0.29, 0.717) is 19.3 Å². The molecule has 0 aromatic rings. The van der Waals surface area contributed by atoms with Crippen LogP contribution >= 0.6 is 0 Å². The summed E-state index contributed by atoms with van der Waals surface area (Å²) in [5.41, 5.74) is 0. The standard InChI is InChI=1S/C62H110O6/c1-4-7-10-13-16-19-22-25-28-30-31-32-35-37-40-43-46-49-52-55-61(64)67-58-59(57-66-60(63)54-51-48-45-42-39-36-33-27-24-21-18-15-12-9-6-3)68-62(65)56-53-50-47-44-41-38-34-29-26-23-20-17-14-11-8-5-2/h7,10,16,19,21,24-25,28-29,34,59H,4-6,8-9,11-15,17-18,20,22-23,26-27,30-33,35-58H2,1-3H3/b10-7-,19-16-,24-21-,28-25-,34-29-. The second-order valence-electron chi connectivity index (χ2n) is 19.5. The van der Waals surface area contributed by atoms with Crippen LogP contribution in [0.4, 0.5) is 0 Å². The lowest BCUT2D eigenvalue weighted by atomic mass is 10.1. The van der Waals surface area contributed by atoms with Gasteiger partial charge in [-0.2, -0.15) is 0 Å². The second-order valence-corrected chi connectivity index (χ2v) is 19.5. The molecule has 0 aliphatic rings. The van der Waals surface area contributed by atoms with Crippen LogP contribution in [0.25, 0.3) is 0 Å². The van der Waals surface area contributed by atoms with Crippen LogP contribution in [0.3, 0.4) is 0 Å². The van der Waals surface area contributed by atoms with Crippen molar-refractivity contribution < 1.29 is 28.6 Å². The van der Waals surface area contributed by atoms with Gasteiger partial charge in [0.05, 0.1) is 0 Å². The van der Waals surface area contributed by atoms with Crippen molar-refractivity contribution in [2.45, 2.75) is 303 Å². The van der Waals surface area contributed by atoms with Crippen LogP contribution < -0.4 is 0 Å². The number of unbranched alkanes of at least 4 members (excludes halogenated alkanes) is 32. The lowest BCUT2D eigenvalue weighted by molar-refractivity contribution is -0.167. The third-order valence-electron chi connectivity index (χ3n) is 12.7. The minimum atomic E-state index is -0.782. The van der Waals surface area contributed by atoms with E-state index in [9.17, 15) is 14.4 Å². The van der Waals surface area contributed by atoms with Crippen LogP contribution in [0.2, 0.25) is 0 Å². The summed E-state index contributed by atoms with van der Waals surface area (Å²) in [4.78, 5) is 38.2. The normalized spacial score (nSPS) is 12.5. The Bertz CT molecular complexity index is 1230. The van der Waals surface area contributed by atoms with Gasteiger partial charge in [-0.25, -0.2) is 0 Å². The molecule has 0 radical (unpaired) electrons. The van der Waals surface area contributed by atoms with Gasteiger partial charge in [0, 0.05) is 19.3 Å². The summed E-state index contributed by atoms with van der Waals surface area (Å²) in [6.45, 7) is 6.53. The quantitative estimate of drug-likeness (QED) is 0.0262. The Morgan fingerprint density at radius 2 is 0.574 bits per heavy atom. The molecule has 68 heavy (non-hydrogen) atoms. The van der Waals surface area contributed by atoms with Crippen LogP contribution in [-0.2, 0) is 28.6 Å². The molecular formula is C62H110O6. The van der Waals surface area contributed by atoms with Gasteiger partial charge in [-0.05, 0) is 103 Å². The predicted octanol–water partition coefficient (Wildman–Crippen LogP) is 19.6. The van der Waals surface area contributed by atoms with Gasteiger partial charge in [0.25, 0.3) is 0 Å². The number of carbonyl (C=O) groups is 3. The Kier molecular flexibility index (Phi) is 54.3. The second kappa shape index (κ2) is 56.7. The van der Waals surface area contributed by atoms with Crippen LogP contribution in [0, 0.1) is 0 Å². The molecule has 0 heterocycles. The lowest BCUT2D eigenvalue weighted by Gasteiger charge is -2.18. The van der Waals surface area contributed by atoms with Crippen molar-refractivity contribution in [3.8, 4) is 0 Å². The maximum absolute atomic E-state index is 12.9. The molecule has 0 saturated heterocycles. The smallest absolute Gasteiger partial charge is 0.306 e. The zero-order valence-corrected chi connectivity index (χ0v) is 45.1. The third-order valence-corrected chi connectivity index (χ3v) is 12.7. The molecule has 0 aromatic heterocycles. The van der Waals surface area contributed by atoms with Crippen LogP contribution in [0.1, 0.15) is 297 Å². The maximum Gasteiger partial charge on any atom is 0.306 e. The van der Waals surface area contributed by atoms with E-state index in [1.165, 1.54) is 167 Å². The first-order valence-corrected chi connectivity index (χ1v) is 29.3. The van der Waals surface area contributed by atoms with Crippen LogP contribution in [-0.4, -0.2) is 37.2 Å². The van der Waals surface area contributed by atoms with E-state index >= 15 is 0 Å². The first-order chi connectivity index (χ1) is 33.5. The van der Waals surface area contributed by atoms with Gasteiger partial charge in [0.15, 0.2) is 6.10 Å². The fourth-order valence-electron chi connectivity index (χ4n) is 8.33. The molecule has 0 aromatic carbocycles. The number of allylic oxidation sites excluding steroid dienone is 10. The third kappa shape index (κ3) is 54.1.